The number of rotatable bonds is 3. The highest BCUT2D eigenvalue weighted by Gasteiger charge is 2.20. The summed E-state index contributed by atoms with van der Waals surface area (Å²) in [7, 11) is 0. The van der Waals surface area contributed by atoms with E-state index in [4.69, 9.17) is 4.74 Å². The minimum atomic E-state index is -0.841. The van der Waals surface area contributed by atoms with E-state index in [0.717, 1.165) is 0 Å². The fourth-order valence-corrected chi connectivity index (χ4v) is 0.801. The molecule has 0 heterocycles. The Kier molecular flexibility index (Phi) is 4.71. The van der Waals surface area contributed by atoms with Crippen LogP contribution in [-0.4, -0.2) is 24.1 Å². The van der Waals surface area contributed by atoms with Crippen LogP contribution in [0.2, 0.25) is 0 Å². The van der Waals surface area contributed by atoms with E-state index >= 15 is 0 Å². The van der Waals surface area contributed by atoms with Crippen molar-refractivity contribution < 1.29 is 19.1 Å². The lowest BCUT2D eigenvalue weighted by Crippen LogP contribution is -2.28. The first-order valence-electron chi connectivity index (χ1n) is 4.16. The van der Waals surface area contributed by atoms with Crippen LogP contribution in [0, 0.1) is 11.8 Å². The quantitative estimate of drug-likeness (QED) is 0.499. The zero-order chi connectivity index (χ0) is 11.2. The summed E-state index contributed by atoms with van der Waals surface area (Å²) in [4.78, 5) is 21.5. The van der Waals surface area contributed by atoms with Crippen molar-refractivity contribution in [1.82, 2.24) is 0 Å². The molecule has 0 atom stereocenters. The van der Waals surface area contributed by atoms with Gasteiger partial charge in [0.1, 0.15) is 0 Å². The predicted molar refractivity (Wildman–Crippen MR) is 50.3 cm³/mol. The first-order chi connectivity index (χ1) is 6.37. The topological polar surface area (TPSA) is 52.6 Å². The van der Waals surface area contributed by atoms with Gasteiger partial charge in [-0.1, -0.05) is 5.92 Å². The molecule has 0 saturated heterocycles. The Morgan fingerprint density at radius 1 is 1.36 bits per heavy atom. The highest BCUT2D eigenvalue weighted by atomic mass is 16.6. The predicted octanol–water partition coefficient (Wildman–Crippen LogP) is 0.895. The van der Waals surface area contributed by atoms with Gasteiger partial charge in [0, 0.05) is 6.92 Å². The summed E-state index contributed by atoms with van der Waals surface area (Å²) in [6, 6.07) is 0. The van der Waals surface area contributed by atoms with Crippen LogP contribution in [0.15, 0.2) is 0 Å². The number of hydrogen-bond donors (Lipinski definition) is 0. The van der Waals surface area contributed by atoms with Gasteiger partial charge in [0.25, 0.3) is 0 Å². The van der Waals surface area contributed by atoms with Crippen LogP contribution in [0.1, 0.15) is 27.7 Å². The number of carbonyl (C=O) groups is 2. The summed E-state index contributed by atoms with van der Waals surface area (Å²) in [6.45, 7) is 5.83. The first kappa shape index (κ1) is 12.5. The summed E-state index contributed by atoms with van der Waals surface area (Å²) in [6.07, 6.45) is 0. The molecule has 14 heavy (non-hydrogen) atoms. The second-order valence-corrected chi connectivity index (χ2v) is 3.14. The Bertz CT molecular complexity index is 280. The van der Waals surface area contributed by atoms with Gasteiger partial charge in [-0.15, -0.1) is 5.92 Å². The molecule has 0 unspecified atom stereocenters. The minimum absolute atomic E-state index is 0.371. The number of carbonyl (C=O) groups excluding carboxylic acids is 2. The monoisotopic (exact) mass is 198 g/mol. The molecule has 0 aliphatic carbocycles. The molecular formula is C10H14O4. The van der Waals surface area contributed by atoms with Gasteiger partial charge in [-0.05, 0) is 20.8 Å². The fourth-order valence-electron chi connectivity index (χ4n) is 0.801. The molecular weight excluding hydrogens is 184 g/mol. The van der Waals surface area contributed by atoms with Crippen molar-refractivity contribution in [3.05, 3.63) is 0 Å². The van der Waals surface area contributed by atoms with Gasteiger partial charge in [-0.2, -0.15) is 0 Å². The van der Waals surface area contributed by atoms with E-state index in [1.807, 2.05) is 0 Å². The number of hydrogen-bond acceptors (Lipinski definition) is 4. The third kappa shape index (κ3) is 6.06. The van der Waals surface area contributed by atoms with Gasteiger partial charge in [0.05, 0.1) is 0 Å². The molecule has 0 saturated carbocycles. The molecule has 4 nitrogen and oxygen atoms in total. The van der Waals surface area contributed by atoms with E-state index in [-0.39, 0.29) is 6.61 Å². The van der Waals surface area contributed by atoms with Crippen LogP contribution in [-0.2, 0) is 19.1 Å². The van der Waals surface area contributed by atoms with Crippen molar-refractivity contribution >= 4 is 11.9 Å². The average molecular weight is 198 g/mol. The zero-order valence-electron chi connectivity index (χ0n) is 8.84. The highest BCUT2D eigenvalue weighted by Crippen LogP contribution is 2.07. The van der Waals surface area contributed by atoms with Crippen LogP contribution in [0.4, 0.5) is 0 Å². The molecule has 0 bridgehead atoms. The highest BCUT2D eigenvalue weighted by molar-refractivity contribution is 5.75. The summed E-state index contributed by atoms with van der Waals surface area (Å²) in [5.41, 5.74) is -0.841. The van der Waals surface area contributed by atoms with Crippen LogP contribution in [0.5, 0.6) is 0 Å². The first-order valence-corrected chi connectivity index (χ1v) is 4.16. The van der Waals surface area contributed by atoms with Gasteiger partial charge >= 0.3 is 11.9 Å². The lowest BCUT2D eigenvalue weighted by atomic mass is 10.1. The van der Waals surface area contributed by atoms with Gasteiger partial charge in [0.15, 0.2) is 12.2 Å². The van der Waals surface area contributed by atoms with Crippen molar-refractivity contribution in [2.45, 2.75) is 33.3 Å². The van der Waals surface area contributed by atoms with Gasteiger partial charge in [-0.3, -0.25) is 4.79 Å². The molecule has 4 heteroatoms. The summed E-state index contributed by atoms with van der Waals surface area (Å²) >= 11 is 0. The van der Waals surface area contributed by atoms with E-state index < -0.39 is 17.5 Å². The maximum absolute atomic E-state index is 11.1. The zero-order valence-corrected chi connectivity index (χ0v) is 8.84. The Morgan fingerprint density at radius 2 is 1.93 bits per heavy atom. The van der Waals surface area contributed by atoms with Crippen molar-refractivity contribution in [3.63, 3.8) is 0 Å². The molecule has 0 aliphatic rings. The lowest BCUT2D eigenvalue weighted by Gasteiger charge is -2.18. The van der Waals surface area contributed by atoms with E-state index in [1.165, 1.54) is 6.92 Å². The molecule has 0 spiro atoms. The second-order valence-electron chi connectivity index (χ2n) is 3.14. The van der Waals surface area contributed by atoms with Crippen LogP contribution in [0.3, 0.4) is 0 Å². The van der Waals surface area contributed by atoms with Crippen molar-refractivity contribution in [2.75, 3.05) is 6.61 Å². The fraction of sp³-hybridized carbons (Fsp3) is 0.600. The number of ether oxygens (including phenoxy) is 2. The SMILES string of the molecule is CC#CC(C)(C)OC(=O)COC(C)=O. The van der Waals surface area contributed by atoms with E-state index in [1.54, 1.807) is 20.8 Å². The third-order valence-electron chi connectivity index (χ3n) is 1.19. The Hall–Kier alpha value is -1.50. The smallest absolute Gasteiger partial charge is 0.345 e. The molecule has 0 aromatic rings. The number of esters is 2. The maximum Gasteiger partial charge on any atom is 0.345 e. The van der Waals surface area contributed by atoms with Gasteiger partial charge < -0.3 is 9.47 Å². The summed E-state index contributed by atoms with van der Waals surface area (Å²) in [5, 5.41) is 0. The molecule has 0 aromatic heterocycles. The average Bonchev–Trinajstić information content (AvgIpc) is 1.99. The molecule has 0 amide bonds. The molecule has 78 valence electrons. The molecule has 0 fully saturated rings. The van der Waals surface area contributed by atoms with E-state index in [2.05, 4.69) is 16.6 Å². The van der Waals surface area contributed by atoms with Gasteiger partial charge in [0.2, 0.25) is 0 Å². The van der Waals surface area contributed by atoms with E-state index in [9.17, 15) is 9.59 Å². The largest absolute Gasteiger partial charge is 0.454 e. The molecule has 0 rings (SSSR count). The molecule has 0 radical (unpaired) electrons. The van der Waals surface area contributed by atoms with Crippen molar-refractivity contribution in [2.24, 2.45) is 0 Å². The lowest BCUT2D eigenvalue weighted by molar-refractivity contribution is -0.163. The van der Waals surface area contributed by atoms with E-state index in [0.29, 0.717) is 0 Å². The van der Waals surface area contributed by atoms with Crippen LogP contribution in [0.25, 0.3) is 0 Å². The van der Waals surface area contributed by atoms with Crippen LogP contribution < -0.4 is 0 Å². The summed E-state index contributed by atoms with van der Waals surface area (Å²) < 4.78 is 9.40. The molecule has 0 aromatic carbocycles. The van der Waals surface area contributed by atoms with Gasteiger partial charge in [-0.25, -0.2) is 4.79 Å². The van der Waals surface area contributed by atoms with Crippen LogP contribution >= 0.6 is 0 Å². The maximum atomic E-state index is 11.1. The Balaban J connectivity index is 4.03. The minimum Gasteiger partial charge on any atom is -0.454 e. The standard InChI is InChI=1S/C10H14O4/c1-5-6-10(3,4)14-9(12)7-13-8(2)11/h7H2,1-4H3. The van der Waals surface area contributed by atoms with Crippen molar-refractivity contribution in [1.29, 1.82) is 0 Å². The second kappa shape index (κ2) is 5.28. The summed E-state index contributed by atoms with van der Waals surface area (Å²) in [5.74, 6) is 4.23. The molecule has 0 N–H and O–H groups in total. The van der Waals surface area contributed by atoms with Crippen molar-refractivity contribution in [3.8, 4) is 11.8 Å². The Morgan fingerprint density at radius 3 is 2.36 bits per heavy atom. The third-order valence-corrected chi connectivity index (χ3v) is 1.19. The molecule has 0 aliphatic heterocycles. The Labute approximate surface area is 83.6 Å². The normalized spacial score (nSPS) is 9.71.